The van der Waals surface area contributed by atoms with E-state index < -0.39 is 0 Å². The van der Waals surface area contributed by atoms with Crippen LogP contribution in [0.5, 0.6) is 0 Å². The Labute approximate surface area is 107 Å². The Hall–Kier alpha value is -0.120. The van der Waals surface area contributed by atoms with E-state index >= 15 is 0 Å². The molecule has 1 saturated heterocycles. The van der Waals surface area contributed by atoms with Gasteiger partial charge in [-0.25, -0.2) is 0 Å². The van der Waals surface area contributed by atoms with Gasteiger partial charge in [0, 0.05) is 18.1 Å². The largest absolute Gasteiger partial charge is 0.327 e. The van der Waals surface area contributed by atoms with Gasteiger partial charge in [-0.1, -0.05) is 20.8 Å². The van der Waals surface area contributed by atoms with E-state index in [1.54, 1.807) is 0 Å². The van der Waals surface area contributed by atoms with Gasteiger partial charge >= 0.3 is 0 Å². The molecule has 2 atom stereocenters. The fraction of sp³-hybridized carbons (Fsp3) is 1.00. The molecule has 0 aromatic rings. The highest BCUT2D eigenvalue weighted by Crippen LogP contribution is 2.29. The van der Waals surface area contributed by atoms with E-state index in [1.807, 2.05) is 0 Å². The first-order chi connectivity index (χ1) is 7.73. The Morgan fingerprint density at radius 3 is 2.06 bits per heavy atom. The van der Waals surface area contributed by atoms with E-state index in [0.717, 1.165) is 0 Å². The van der Waals surface area contributed by atoms with E-state index in [9.17, 15) is 0 Å². The summed E-state index contributed by atoms with van der Waals surface area (Å²) in [7, 11) is 4.47. The smallest absolute Gasteiger partial charge is 0.0292 e. The highest BCUT2D eigenvalue weighted by molar-refractivity contribution is 4.91. The summed E-state index contributed by atoms with van der Waals surface area (Å²) < 4.78 is 0. The average molecular weight is 241 g/mol. The Balaban J connectivity index is 2.68. The van der Waals surface area contributed by atoms with Crippen molar-refractivity contribution >= 4 is 0 Å². The lowest BCUT2D eigenvalue weighted by Crippen LogP contribution is -2.57. The number of likely N-dealkylation sites (N-methyl/N-ethyl adjacent to an activating group) is 1. The third-order valence-electron chi connectivity index (χ3n) is 4.09. The summed E-state index contributed by atoms with van der Waals surface area (Å²) in [6, 6.07) is 1.37. The second-order valence-electron chi connectivity index (χ2n) is 6.87. The van der Waals surface area contributed by atoms with Crippen LogP contribution in [0.15, 0.2) is 0 Å². The second kappa shape index (κ2) is 5.68. The third kappa shape index (κ3) is 3.94. The Morgan fingerprint density at radius 1 is 1.24 bits per heavy atom. The summed E-state index contributed by atoms with van der Waals surface area (Å²) in [5, 5.41) is 0. The first-order valence-electron chi connectivity index (χ1n) is 6.89. The van der Waals surface area contributed by atoms with Crippen LogP contribution < -0.4 is 5.73 Å². The van der Waals surface area contributed by atoms with Gasteiger partial charge in [0.15, 0.2) is 0 Å². The van der Waals surface area contributed by atoms with Crippen LogP contribution in [0, 0.1) is 5.41 Å². The maximum atomic E-state index is 6.21. The number of nitrogens with two attached hydrogens (primary N) is 1. The predicted octanol–water partition coefficient (Wildman–Crippen LogP) is 1.77. The van der Waals surface area contributed by atoms with Crippen LogP contribution in [0.3, 0.4) is 0 Å². The monoisotopic (exact) mass is 241 g/mol. The lowest BCUT2D eigenvalue weighted by Gasteiger charge is -2.46. The van der Waals surface area contributed by atoms with Gasteiger partial charge < -0.3 is 10.6 Å². The predicted molar refractivity (Wildman–Crippen MR) is 75.2 cm³/mol. The quantitative estimate of drug-likeness (QED) is 0.817. The Bertz CT molecular complexity index is 224. The highest BCUT2D eigenvalue weighted by atomic mass is 15.2. The van der Waals surface area contributed by atoms with Crippen LogP contribution in [0.4, 0.5) is 0 Å². The van der Waals surface area contributed by atoms with Crippen molar-refractivity contribution in [3.8, 4) is 0 Å². The topological polar surface area (TPSA) is 32.5 Å². The second-order valence-corrected chi connectivity index (χ2v) is 6.87. The fourth-order valence-corrected chi connectivity index (χ4v) is 3.40. The summed E-state index contributed by atoms with van der Waals surface area (Å²) in [5.41, 5.74) is 6.45. The van der Waals surface area contributed by atoms with Crippen molar-refractivity contribution in [3.05, 3.63) is 0 Å². The number of piperidine rings is 1. The molecule has 1 heterocycles. The Kier molecular flexibility index (Phi) is 4.99. The van der Waals surface area contributed by atoms with E-state index in [4.69, 9.17) is 5.73 Å². The summed E-state index contributed by atoms with van der Waals surface area (Å²) in [6.07, 6.45) is 2.54. The molecule has 2 unspecified atom stereocenters. The normalized spacial score (nSPS) is 24.0. The molecule has 102 valence electrons. The molecule has 0 aliphatic carbocycles. The van der Waals surface area contributed by atoms with Crippen LogP contribution in [-0.4, -0.2) is 55.1 Å². The number of rotatable bonds is 3. The number of hydrogen-bond acceptors (Lipinski definition) is 3. The van der Waals surface area contributed by atoms with Crippen molar-refractivity contribution in [1.29, 1.82) is 0 Å². The number of nitrogens with zero attached hydrogens (tertiary/aromatic N) is 2. The molecule has 1 fully saturated rings. The molecule has 0 radical (unpaired) electrons. The summed E-state index contributed by atoms with van der Waals surface area (Å²) in [4.78, 5) is 4.96. The zero-order chi connectivity index (χ0) is 13.2. The molecule has 3 nitrogen and oxygen atoms in total. The van der Waals surface area contributed by atoms with Crippen LogP contribution in [0.25, 0.3) is 0 Å². The Morgan fingerprint density at radius 2 is 1.71 bits per heavy atom. The van der Waals surface area contributed by atoms with Crippen LogP contribution in [0.2, 0.25) is 0 Å². The van der Waals surface area contributed by atoms with Crippen LogP contribution >= 0.6 is 0 Å². The maximum Gasteiger partial charge on any atom is 0.0292 e. The van der Waals surface area contributed by atoms with Crippen molar-refractivity contribution in [1.82, 2.24) is 9.80 Å². The molecule has 1 aliphatic heterocycles. The van der Waals surface area contributed by atoms with E-state index in [0.29, 0.717) is 12.1 Å². The van der Waals surface area contributed by atoms with Gasteiger partial charge in [-0.3, -0.25) is 4.90 Å². The van der Waals surface area contributed by atoms with Crippen molar-refractivity contribution in [2.45, 2.75) is 58.7 Å². The zero-order valence-corrected chi connectivity index (χ0v) is 12.5. The standard InChI is InChI=1S/C14H31N3/c1-11(15)13(14(2,3)4)17(6)12-7-9-16(5)10-8-12/h11-13H,7-10,15H2,1-6H3. The molecule has 1 rings (SSSR count). The SMILES string of the molecule is CC(N)C(N(C)C1CCN(C)CC1)C(C)(C)C. The van der Waals surface area contributed by atoms with Gasteiger partial charge in [-0.05, 0) is 52.4 Å². The molecule has 3 heteroatoms. The van der Waals surface area contributed by atoms with Crippen molar-refractivity contribution in [2.75, 3.05) is 27.2 Å². The first-order valence-corrected chi connectivity index (χ1v) is 6.89. The first kappa shape index (κ1) is 14.9. The molecule has 0 spiro atoms. The highest BCUT2D eigenvalue weighted by Gasteiger charge is 2.35. The summed E-state index contributed by atoms with van der Waals surface area (Å²) in [6.45, 7) is 11.5. The molecular weight excluding hydrogens is 210 g/mol. The molecule has 0 saturated carbocycles. The maximum absolute atomic E-state index is 6.21. The van der Waals surface area contributed by atoms with E-state index in [2.05, 4.69) is 51.6 Å². The van der Waals surface area contributed by atoms with Gasteiger partial charge in [-0.2, -0.15) is 0 Å². The minimum absolute atomic E-state index is 0.222. The van der Waals surface area contributed by atoms with Crippen molar-refractivity contribution in [2.24, 2.45) is 11.1 Å². The van der Waals surface area contributed by atoms with Gasteiger partial charge in [0.25, 0.3) is 0 Å². The number of hydrogen-bond donors (Lipinski definition) is 1. The molecule has 0 amide bonds. The molecule has 0 aromatic carbocycles. The number of likely N-dealkylation sites (tertiary alicyclic amines) is 1. The van der Waals surface area contributed by atoms with Gasteiger partial charge in [-0.15, -0.1) is 0 Å². The zero-order valence-electron chi connectivity index (χ0n) is 12.5. The molecule has 17 heavy (non-hydrogen) atoms. The molecule has 0 aromatic heterocycles. The van der Waals surface area contributed by atoms with Crippen molar-refractivity contribution in [3.63, 3.8) is 0 Å². The lowest BCUT2D eigenvalue weighted by atomic mass is 9.81. The van der Waals surface area contributed by atoms with E-state index in [1.165, 1.54) is 25.9 Å². The minimum Gasteiger partial charge on any atom is -0.327 e. The average Bonchev–Trinajstić information content (AvgIpc) is 2.15. The fourth-order valence-electron chi connectivity index (χ4n) is 3.40. The van der Waals surface area contributed by atoms with E-state index in [-0.39, 0.29) is 11.5 Å². The lowest BCUT2D eigenvalue weighted by molar-refractivity contribution is 0.0410. The minimum atomic E-state index is 0.222. The van der Waals surface area contributed by atoms with Gasteiger partial charge in [0.2, 0.25) is 0 Å². The molecule has 2 N–H and O–H groups in total. The summed E-state index contributed by atoms with van der Waals surface area (Å²) >= 11 is 0. The summed E-state index contributed by atoms with van der Waals surface area (Å²) in [5.74, 6) is 0. The van der Waals surface area contributed by atoms with Gasteiger partial charge in [0.1, 0.15) is 0 Å². The molecular formula is C14H31N3. The van der Waals surface area contributed by atoms with Crippen molar-refractivity contribution < 1.29 is 0 Å². The third-order valence-corrected chi connectivity index (χ3v) is 4.09. The van der Waals surface area contributed by atoms with Crippen LogP contribution in [0.1, 0.15) is 40.5 Å². The molecule has 1 aliphatic rings. The molecule has 0 bridgehead atoms. The van der Waals surface area contributed by atoms with Crippen LogP contribution in [-0.2, 0) is 0 Å². The van der Waals surface area contributed by atoms with Gasteiger partial charge in [0.05, 0.1) is 0 Å².